The van der Waals surface area contributed by atoms with Gasteiger partial charge in [0.1, 0.15) is 6.61 Å². The van der Waals surface area contributed by atoms with E-state index in [1.54, 1.807) is 19.3 Å². The second-order valence-corrected chi connectivity index (χ2v) is 10.1. The minimum absolute atomic E-state index is 0.140. The standard InChI is InChI=1S/C26H24BrClN2O3S/c1-3-16-6-10-20(11-7-16)29-26-30-25(31)23(34-26)14-18-12-21(28)24(22(13-18)32-2)33-15-17-4-8-19(27)9-5-17/h4-14,26,29H,3,15H2,1-2H3,(H,30,31)/b23-14-/t26-/m1/s1. The van der Waals surface area contributed by atoms with Crippen molar-refractivity contribution >= 4 is 57.0 Å². The van der Waals surface area contributed by atoms with Gasteiger partial charge >= 0.3 is 0 Å². The van der Waals surface area contributed by atoms with Gasteiger partial charge in [-0.05, 0) is 65.6 Å². The van der Waals surface area contributed by atoms with Gasteiger partial charge in [-0.2, -0.15) is 0 Å². The van der Waals surface area contributed by atoms with Crippen LogP contribution in [0.5, 0.6) is 11.5 Å². The van der Waals surface area contributed by atoms with Crippen molar-refractivity contribution in [3.8, 4) is 11.5 Å². The largest absolute Gasteiger partial charge is 0.493 e. The molecular weight excluding hydrogens is 536 g/mol. The molecule has 0 unspecified atom stereocenters. The van der Waals surface area contributed by atoms with Gasteiger partial charge in [-0.15, -0.1) is 0 Å². The predicted octanol–water partition coefficient (Wildman–Crippen LogP) is 6.85. The minimum Gasteiger partial charge on any atom is -0.493 e. The number of ether oxygens (including phenoxy) is 2. The Morgan fingerprint density at radius 2 is 1.82 bits per heavy atom. The molecule has 1 aliphatic heterocycles. The monoisotopic (exact) mass is 558 g/mol. The summed E-state index contributed by atoms with van der Waals surface area (Å²) < 4.78 is 12.5. The molecule has 0 radical (unpaired) electrons. The first-order chi connectivity index (χ1) is 16.4. The summed E-state index contributed by atoms with van der Waals surface area (Å²) >= 11 is 11.4. The minimum atomic E-state index is -0.253. The average Bonchev–Trinajstić information content (AvgIpc) is 3.17. The molecule has 4 rings (SSSR count). The number of amides is 1. The lowest BCUT2D eigenvalue weighted by atomic mass is 10.1. The van der Waals surface area contributed by atoms with Gasteiger partial charge in [-0.25, -0.2) is 0 Å². The van der Waals surface area contributed by atoms with E-state index in [4.69, 9.17) is 21.1 Å². The molecule has 1 aliphatic rings. The van der Waals surface area contributed by atoms with Crippen LogP contribution in [-0.4, -0.2) is 18.5 Å². The van der Waals surface area contributed by atoms with E-state index in [-0.39, 0.29) is 11.4 Å². The maximum absolute atomic E-state index is 12.5. The van der Waals surface area contributed by atoms with Crippen LogP contribution in [0.15, 0.2) is 70.0 Å². The van der Waals surface area contributed by atoms with Gasteiger partial charge in [0.05, 0.1) is 17.0 Å². The van der Waals surface area contributed by atoms with Crippen LogP contribution in [0.1, 0.15) is 23.6 Å². The third kappa shape index (κ3) is 6.09. The lowest BCUT2D eigenvalue weighted by molar-refractivity contribution is -0.116. The van der Waals surface area contributed by atoms with E-state index in [0.717, 1.165) is 27.7 Å². The van der Waals surface area contributed by atoms with E-state index in [1.807, 2.05) is 42.5 Å². The normalized spacial score (nSPS) is 16.4. The molecule has 1 saturated heterocycles. The van der Waals surface area contributed by atoms with Gasteiger partial charge in [0.15, 0.2) is 17.0 Å². The molecule has 0 saturated carbocycles. The second-order valence-electron chi connectivity index (χ2n) is 7.62. The van der Waals surface area contributed by atoms with Crippen LogP contribution >= 0.6 is 39.3 Å². The summed E-state index contributed by atoms with van der Waals surface area (Å²) in [4.78, 5) is 13.1. The van der Waals surface area contributed by atoms with Crippen molar-refractivity contribution in [1.29, 1.82) is 0 Å². The maximum atomic E-state index is 12.5. The highest BCUT2D eigenvalue weighted by Gasteiger charge is 2.27. The number of carbonyl (C=O) groups excluding carboxylic acids is 1. The number of halogens is 2. The van der Waals surface area contributed by atoms with Crippen LogP contribution in [-0.2, 0) is 17.8 Å². The van der Waals surface area contributed by atoms with Gasteiger partial charge < -0.3 is 20.1 Å². The molecule has 2 N–H and O–H groups in total. The van der Waals surface area contributed by atoms with Crippen molar-refractivity contribution in [3.63, 3.8) is 0 Å². The number of rotatable bonds is 8. The Balaban J connectivity index is 1.46. The summed E-state index contributed by atoms with van der Waals surface area (Å²) in [6, 6.07) is 19.6. The van der Waals surface area contributed by atoms with Crippen LogP contribution in [0.4, 0.5) is 5.69 Å². The summed E-state index contributed by atoms with van der Waals surface area (Å²) in [7, 11) is 1.57. The van der Waals surface area contributed by atoms with E-state index in [0.29, 0.717) is 28.0 Å². The first-order valence-corrected chi connectivity index (χ1v) is 12.8. The molecule has 3 aromatic rings. The predicted molar refractivity (Wildman–Crippen MR) is 143 cm³/mol. The third-order valence-electron chi connectivity index (χ3n) is 5.24. The molecular formula is C26H24BrClN2O3S. The highest BCUT2D eigenvalue weighted by molar-refractivity contribution is 9.10. The average molecular weight is 560 g/mol. The van der Waals surface area contributed by atoms with Crippen molar-refractivity contribution in [2.24, 2.45) is 0 Å². The number of anilines is 1. The van der Waals surface area contributed by atoms with Crippen LogP contribution in [0.3, 0.4) is 0 Å². The van der Waals surface area contributed by atoms with Gasteiger partial charge in [-0.3, -0.25) is 4.79 Å². The van der Waals surface area contributed by atoms with E-state index in [1.165, 1.54) is 17.3 Å². The fourth-order valence-electron chi connectivity index (χ4n) is 3.40. The molecule has 8 heteroatoms. The summed E-state index contributed by atoms with van der Waals surface area (Å²) in [6.45, 7) is 2.48. The Morgan fingerprint density at radius 1 is 1.12 bits per heavy atom. The summed E-state index contributed by atoms with van der Waals surface area (Å²) in [5, 5.41) is 6.70. The summed E-state index contributed by atoms with van der Waals surface area (Å²) in [6.07, 6.45) is 2.79. The van der Waals surface area contributed by atoms with Crippen LogP contribution in [0, 0.1) is 0 Å². The zero-order chi connectivity index (χ0) is 24.1. The Morgan fingerprint density at radius 3 is 2.50 bits per heavy atom. The number of hydrogen-bond acceptors (Lipinski definition) is 5. The maximum Gasteiger partial charge on any atom is 0.260 e. The van der Waals surface area contributed by atoms with Crippen molar-refractivity contribution < 1.29 is 14.3 Å². The van der Waals surface area contributed by atoms with Crippen LogP contribution in [0.2, 0.25) is 5.02 Å². The zero-order valence-electron chi connectivity index (χ0n) is 18.7. The second kappa shape index (κ2) is 11.2. The van der Waals surface area contributed by atoms with E-state index >= 15 is 0 Å². The molecule has 0 bridgehead atoms. The molecule has 0 aliphatic carbocycles. The number of aryl methyl sites for hydroxylation is 1. The molecule has 0 aromatic heterocycles. The van der Waals surface area contributed by atoms with Crippen molar-refractivity contribution in [1.82, 2.24) is 5.32 Å². The van der Waals surface area contributed by atoms with Gasteiger partial charge in [0, 0.05) is 10.2 Å². The van der Waals surface area contributed by atoms with E-state index in [9.17, 15) is 4.79 Å². The lowest BCUT2D eigenvalue weighted by Crippen LogP contribution is -2.30. The Kier molecular flexibility index (Phi) is 8.08. The highest BCUT2D eigenvalue weighted by Crippen LogP contribution is 2.39. The zero-order valence-corrected chi connectivity index (χ0v) is 21.9. The number of thioether (sulfide) groups is 1. The molecule has 1 fully saturated rings. The van der Waals surface area contributed by atoms with Crippen molar-refractivity contribution in [2.45, 2.75) is 25.4 Å². The first-order valence-electron chi connectivity index (χ1n) is 10.7. The molecule has 5 nitrogen and oxygen atoms in total. The fourth-order valence-corrected chi connectivity index (χ4v) is 4.93. The number of nitrogens with one attached hydrogen (secondary N) is 2. The molecule has 0 spiro atoms. The van der Waals surface area contributed by atoms with Crippen molar-refractivity contribution in [2.75, 3.05) is 12.4 Å². The van der Waals surface area contributed by atoms with Gasteiger partial charge in [0.2, 0.25) is 0 Å². The number of methoxy groups -OCH3 is 1. The topological polar surface area (TPSA) is 59.6 Å². The number of benzene rings is 3. The van der Waals surface area contributed by atoms with Crippen molar-refractivity contribution in [3.05, 3.63) is 91.8 Å². The Hall–Kier alpha value is -2.61. The fraction of sp³-hybridized carbons (Fsp3) is 0.192. The van der Waals surface area contributed by atoms with Crippen LogP contribution in [0.25, 0.3) is 6.08 Å². The highest BCUT2D eigenvalue weighted by atomic mass is 79.9. The first kappa shape index (κ1) is 24.5. The molecule has 1 heterocycles. The number of hydrogen-bond donors (Lipinski definition) is 2. The Labute approximate surface area is 217 Å². The lowest BCUT2D eigenvalue weighted by Gasteiger charge is -2.14. The molecule has 1 amide bonds. The molecule has 176 valence electrons. The number of carbonyl (C=O) groups is 1. The van der Waals surface area contributed by atoms with Gasteiger partial charge in [0.25, 0.3) is 5.91 Å². The van der Waals surface area contributed by atoms with E-state index in [2.05, 4.69) is 45.6 Å². The Bertz CT molecular complexity index is 1200. The summed E-state index contributed by atoms with van der Waals surface area (Å²) in [5.74, 6) is 0.830. The quantitative estimate of drug-likeness (QED) is 0.296. The molecule has 34 heavy (non-hydrogen) atoms. The third-order valence-corrected chi connectivity index (χ3v) is 7.07. The summed E-state index contributed by atoms with van der Waals surface area (Å²) in [5.41, 5.74) is 3.73. The molecule has 3 aromatic carbocycles. The van der Waals surface area contributed by atoms with Gasteiger partial charge in [-0.1, -0.05) is 70.5 Å². The van der Waals surface area contributed by atoms with E-state index < -0.39 is 0 Å². The molecule has 1 atom stereocenters. The SMILES string of the molecule is CCc1ccc(N[C@@H]2NC(=O)/C(=C/c3cc(Cl)c(OCc4ccc(Br)cc4)c(OC)c3)S2)cc1. The smallest absolute Gasteiger partial charge is 0.260 e. The van der Waals surface area contributed by atoms with Crippen LogP contribution < -0.4 is 20.1 Å².